The zero-order valence-electron chi connectivity index (χ0n) is 13.2. The summed E-state index contributed by atoms with van der Waals surface area (Å²) in [6.07, 6.45) is 0. The van der Waals surface area contributed by atoms with Gasteiger partial charge < -0.3 is 15.7 Å². The molecular formula is C16H22N4O2. The molecular weight excluding hydrogens is 280 g/mol. The van der Waals surface area contributed by atoms with Gasteiger partial charge in [-0.1, -0.05) is 12.1 Å². The highest BCUT2D eigenvalue weighted by Gasteiger charge is 2.11. The molecule has 0 atom stereocenters. The van der Waals surface area contributed by atoms with E-state index in [4.69, 9.17) is 5.11 Å². The van der Waals surface area contributed by atoms with Gasteiger partial charge in [-0.3, -0.25) is 4.79 Å². The Labute approximate surface area is 130 Å². The number of nitrogens with one attached hydrogen (secondary N) is 2. The van der Waals surface area contributed by atoms with Crippen molar-refractivity contribution in [1.29, 1.82) is 0 Å². The lowest BCUT2D eigenvalue weighted by Crippen LogP contribution is -2.17. The Morgan fingerprint density at radius 3 is 2.55 bits per heavy atom. The molecule has 0 aliphatic rings. The summed E-state index contributed by atoms with van der Waals surface area (Å²) in [7, 11) is 1.62. The Kier molecular flexibility index (Phi) is 5.16. The average Bonchev–Trinajstić information content (AvgIpc) is 2.80. The van der Waals surface area contributed by atoms with Crippen LogP contribution in [-0.2, 0) is 13.1 Å². The van der Waals surface area contributed by atoms with Gasteiger partial charge in [-0.15, -0.1) is 0 Å². The van der Waals surface area contributed by atoms with E-state index < -0.39 is 0 Å². The molecule has 0 unspecified atom stereocenters. The maximum absolute atomic E-state index is 11.5. The van der Waals surface area contributed by atoms with Crippen LogP contribution in [0.2, 0.25) is 0 Å². The van der Waals surface area contributed by atoms with E-state index in [2.05, 4.69) is 15.7 Å². The number of carbonyl (C=O) groups is 1. The van der Waals surface area contributed by atoms with Gasteiger partial charge in [-0.25, -0.2) is 4.68 Å². The number of carbonyl (C=O) groups excluding carboxylic acids is 1. The molecule has 1 aromatic heterocycles. The van der Waals surface area contributed by atoms with Crippen molar-refractivity contribution in [3.63, 3.8) is 0 Å². The van der Waals surface area contributed by atoms with Gasteiger partial charge in [0.1, 0.15) is 5.82 Å². The molecule has 6 nitrogen and oxygen atoms in total. The van der Waals surface area contributed by atoms with Crippen LogP contribution in [0.15, 0.2) is 24.3 Å². The lowest BCUT2D eigenvalue weighted by Gasteiger charge is -2.10. The van der Waals surface area contributed by atoms with E-state index in [1.165, 1.54) is 0 Å². The molecule has 0 radical (unpaired) electrons. The minimum Gasteiger partial charge on any atom is -0.394 e. The van der Waals surface area contributed by atoms with E-state index in [1.807, 2.05) is 26.0 Å². The van der Waals surface area contributed by atoms with Crippen LogP contribution in [0.3, 0.4) is 0 Å². The number of hydrogen-bond donors (Lipinski definition) is 3. The summed E-state index contributed by atoms with van der Waals surface area (Å²) in [6, 6.07) is 7.46. The van der Waals surface area contributed by atoms with Gasteiger partial charge in [-0.2, -0.15) is 5.10 Å². The summed E-state index contributed by atoms with van der Waals surface area (Å²) in [5.41, 5.74) is 3.74. The van der Waals surface area contributed by atoms with Crippen LogP contribution in [0.25, 0.3) is 0 Å². The monoisotopic (exact) mass is 302 g/mol. The Balaban J connectivity index is 2.08. The summed E-state index contributed by atoms with van der Waals surface area (Å²) >= 11 is 0. The number of aromatic nitrogens is 2. The summed E-state index contributed by atoms with van der Waals surface area (Å²) < 4.78 is 1.78. The predicted molar refractivity (Wildman–Crippen MR) is 85.9 cm³/mol. The number of rotatable bonds is 6. The Morgan fingerprint density at radius 1 is 1.27 bits per heavy atom. The second-order valence-corrected chi connectivity index (χ2v) is 5.14. The number of nitrogens with zero attached hydrogens (tertiary/aromatic N) is 2. The summed E-state index contributed by atoms with van der Waals surface area (Å²) in [4.78, 5) is 11.5. The fraction of sp³-hybridized carbons (Fsp3) is 0.375. The van der Waals surface area contributed by atoms with Crippen LogP contribution in [0.1, 0.15) is 27.2 Å². The molecule has 1 aromatic carbocycles. The van der Waals surface area contributed by atoms with Crippen molar-refractivity contribution in [3.8, 4) is 0 Å². The predicted octanol–water partition coefficient (Wildman–Crippen LogP) is 1.46. The van der Waals surface area contributed by atoms with E-state index in [9.17, 15) is 4.79 Å². The number of aliphatic hydroxyl groups is 1. The number of anilines is 1. The third kappa shape index (κ3) is 3.46. The SMILES string of the molecule is CNC(=O)c1ccc(CNc2c(C)c(C)nn2CCO)cc1. The molecule has 22 heavy (non-hydrogen) atoms. The maximum Gasteiger partial charge on any atom is 0.251 e. The van der Waals surface area contributed by atoms with Crippen LogP contribution >= 0.6 is 0 Å². The van der Waals surface area contributed by atoms with Crippen molar-refractivity contribution in [2.75, 3.05) is 19.0 Å². The first-order valence-corrected chi connectivity index (χ1v) is 7.26. The third-order valence-electron chi connectivity index (χ3n) is 3.64. The van der Waals surface area contributed by atoms with Gasteiger partial charge in [0.25, 0.3) is 5.91 Å². The van der Waals surface area contributed by atoms with Crippen molar-refractivity contribution in [1.82, 2.24) is 15.1 Å². The first kappa shape index (κ1) is 16.0. The van der Waals surface area contributed by atoms with E-state index in [-0.39, 0.29) is 12.5 Å². The van der Waals surface area contributed by atoms with E-state index in [0.29, 0.717) is 18.7 Å². The molecule has 118 valence electrons. The number of aliphatic hydroxyl groups excluding tert-OH is 1. The Bertz CT molecular complexity index is 647. The normalized spacial score (nSPS) is 10.5. The largest absolute Gasteiger partial charge is 0.394 e. The summed E-state index contributed by atoms with van der Waals surface area (Å²) in [5.74, 6) is 0.828. The van der Waals surface area contributed by atoms with Crippen molar-refractivity contribution in [2.24, 2.45) is 0 Å². The van der Waals surface area contributed by atoms with Crippen molar-refractivity contribution in [3.05, 3.63) is 46.6 Å². The van der Waals surface area contributed by atoms with Crippen LogP contribution in [-0.4, -0.2) is 34.4 Å². The zero-order chi connectivity index (χ0) is 16.1. The Hall–Kier alpha value is -2.34. The van der Waals surface area contributed by atoms with Gasteiger partial charge in [-0.05, 0) is 31.5 Å². The van der Waals surface area contributed by atoms with Crippen LogP contribution in [0.5, 0.6) is 0 Å². The minimum atomic E-state index is -0.0907. The molecule has 0 fully saturated rings. The van der Waals surface area contributed by atoms with Crippen molar-refractivity contribution < 1.29 is 9.90 Å². The molecule has 0 saturated carbocycles. The zero-order valence-corrected chi connectivity index (χ0v) is 13.2. The Morgan fingerprint density at radius 2 is 1.95 bits per heavy atom. The molecule has 2 aromatic rings. The topological polar surface area (TPSA) is 79.2 Å². The highest BCUT2D eigenvalue weighted by molar-refractivity contribution is 5.93. The van der Waals surface area contributed by atoms with E-state index in [0.717, 1.165) is 22.6 Å². The molecule has 6 heteroatoms. The van der Waals surface area contributed by atoms with Gasteiger partial charge in [0.2, 0.25) is 0 Å². The fourth-order valence-corrected chi connectivity index (χ4v) is 2.26. The molecule has 2 rings (SSSR count). The van der Waals surface area contributed by atoms with Crippen LogP contribution < -0.4 is 10.6 Å². The maximum atomic E-state index is 11.5. The van der Waals surface area contributed by atoms with Crippen LogP contribution in [0.4, 0.5) is 5.82 Å². The van der Waals surface area contributed by atoms with Gasteiger partial charge in [0.15, 0.2) is 0 Å². The summed E-state index contributed by atoms with van der Waals surface area (Å²) in [6.45, 7) is 5.11. The molecule has 3 N–H and O–H groups in total. The highest BCUT2D eigenvalue weighted by Crippen LogP contribution is 2.19. The number of hydrogen-bond acceptors (Lipinski definition) is 4. The first-order valence-electron chi connectivity index (χ1n) is 7.26. The van der Waals surface area contributed by atoms with Crippen molar-refractivity contribution >= 4 is 11.7 Å². The van der Waals surface area contributed by atoms with Gasteiger partial charge in [0.05, 0.1) is 18.8 Å². The van der Waals surface area contributed by atoms with E-state index in [1.54, 1.807) is 23.9 Å². The fourth-order valence-electron chi connectivity index (χ4n) is 2.26. The average molecular weight is 302 g/mol. The molecule has 0 aliphatic heterocycles. The number of aryl methyl sites for hydroxylation is 1. The van der Waals surface area contributed by atoms with Crippen LogP contribution in [0, 0.1) is 13.8 Å². The smallest absolute Gasteiger partial charge is 0.251 e. The molecule has 0 saturated heterocycles. The molecule has 0 bridgehead atoms. The summed E-state index contributed by atoms with van der Waals surface area (Å²) in [5, 5.41) is 19.5. The highest BCUT2D eigenvalue weighted by atomic mass is 16.3. The number of amides is 1. The first-order chi connectivity index (χ1) is 10.6. The standard InChI is InChI=1S/C16H22N4O2/c1-11-12(2)19-20(8-9-21)15(11)18-10-13-4-6-14(7-5-13)16(22)17-3/h4-7,18,21H,8-10H2,1-3H3,(H,17,22). The minimum absolute atomic E-state index is 0.0517. The third-order valence-corrected chi connectivity index (χ3v) is 3.64. The second-order valence-electron chi connectivity index (χ2n) is 5.14. The lowest BCUT2D eigenvalue weighted by molar-refractivity contribution is 0.0963. The molecule has 1 heterocycles. The second kappa shape index (κ2) is 7.09. The molecule has 0 spiro atoms. The molecule has 1 amide bonds. The van der Waals surface area contributed by atoms with Crippen molar-refractivity contribution in [2.45, 2.75) is 26.9 Å². The quantitative estimate of drug-likeness (QED) is 0.755. The lowest BCUT2D eigenvalue weighted by atomic mass is 10.1. The van der Waals surface area contributed by atoms with Gasteiger partial charge >= 0.3 is 0 Å². The molecule has 0 aliphatic carbocycles. The number of benzene rings is 1. The van der Waals surface area contributed by atoms with E-state index >= 15 is 0 Å². The van der Waals surface area contributed by atoms with Gasteiger partial charge in [0, 0.05) is 24.7 Å².